The number of phenolic OH excluding ortho intramolecular Hbond substituents is 1. The van der Waals surface area contributed by atoms with E-state index < -0.39 is 0 Å². The second-order valence-corrected chi connectivity index (χ2v) is 7.16. The lowest BCUT2D eigenvalue weighted by molar-refractivity contribution is 0.489. The Bertz CT molecular complexity index is 755. The van der Waals surface area contributed by atoms with Crippen LogP contribution in [0.25, 0.3) is 20.2 Å². The molecule has 0 atom stereocenters. The molecule has 0 bridgehead atoms. The number of halogens is 2. The molecule has 0 spiro atoms. The minimum absolute atomic E-state index is 0.256. The van der Waals surface area contributed by atoms with Crippen molar-refractivity contribution in [3.05, 3.63) is 25.9 Å². The van der Waals surface area contributed by atoms with E-state index in [2.05, 4.69) is 0 Å². The van der Waals surface area contributed by atoms with E-state index >= 15 is 0 Å². The highest BCUT2D eigenvalue weighted by Gasteiger charge is 2.18. The molecule has 0 aliphatic rings. The molecular weight excluding hydrogens is 295 g/mol. The standard InChI is InChI=1S/C12H8Cl2OS2/c1-4-9(13)6-3-7-8(10(14)5(2)16-7)11(15)12(6)17-4/h3,15H,1-2H3. The highest BCUT2D eigenvalue weighted by Crippen LogP contribution is 2.48. The molecule has 0 saturated heterocycles. The molecular formula is C12H8Cl2OS2. The molecule has 3 rings (SSSR count). The van der Waals surface area contributed by atoms with Crippen molar-refractivity contribution in [2.75, 3.05) is 0 Å². The number of rotatable bonds is 0. The lowest BCUT2D eigenvalue weighted by Gasteiger charge is -1.98. The number of aromatic hydroxyl groups is 1. The van der Waals surface area contributed by atoms with Crippen molar-refractivity contribution >= 4 is 66.0 Å². The Kier molecular flexibility index (Phi) is 2.56. The fourth-order valence-electron chi connectivity index (χ4n) is 1.96. The lowest BCUT2D eigenvalue weighted by atomic mass is 10.2. The third-order valence-corrected chi connectivity index (χ3v) is 6.17. The van der Waals surface area contributed by atoms with Gasteiger partial charge in [-0.05, 0) is 19.9 Å². The summed E-state index contributed by atoms with van der Waals surface area (Å²) >= 11 is 15.5. The number of thiophene rings is 2. The minimum Gasteiger partial charge on any atom is -0.506 e. The number of hydrogen-bond acceptors (Lipinski definition) is 3. The van der Waals surface area contributed by atoms with E-state index in [9.17, 15) is 5.11 Å². The second kappa shape index (κ2) is 3.75. The quantitative estimate of drug-likeness (QED) is 0.561. The van der Waals surface area contributed by atoms with Gasteiger partial charge in [0.15, 0.2) is 0 Å². The summed E-state index contributed by atoms with van der Waals surface area (Å²) in [6.07, 6.45) is 0. The average Bonchev–Trinajstić information content (AvgIpc) is 2.71. The Hall–Kier alpha value is -0.480. The van der Waals surface area contributed by atoms with Crippen molar-refractivity contribution in [2.24, 2.45) is 0 Å². The Balaban J connectivity index is 2.61. The normalized spacial score (nSPS) is 11.8. The van der Waals surface area contributed by atoms with Crippen molar-refractivity contribution in [1.82, 2.24) is 0 Å². The third-order valence-electron chi connectivity index (χ3n) is 2.81. The molecule has 0 unspecified atom stereocenters. The molecule has 2 aromatic heterocycles. The van der Waals surface area contributed by atoms with Crippen LogP contribution >= 0.6 is 45.9 Å². The molecule has 1 N–H and O–H groups in total. The Morgan fingerprint density at radius 3 is 2.41 bits per heavy atom. The number of aryl methyl sites for hydroxylation is 2. The summed E-state index contributed by atoms with van der Waals surface area (Å²) in [6.45, 7) is 3.90. The van der Waals surface area contributed by atoms with Crippen molar-refractivity contribution in [3.8, 4) is 5.75 Å². The van der Waals surface area contributed by atoms with Gasteiger partial charge in [-0.25, -0.2) is 0 Å². The molecule has 1 nitrogen and oxygen atoms in total. The number of benzene rings is 1. The number of phenols is 1. The van der Waals surface area contributed by atoms with E-state index in [1.54, 1.807) is 11.3 Å². The van der Waals surface area contributed by atoms with Crippen molar-refractivity contribution in [3.63, 3.8) is 0 Å². The SMILES string of the molecule is Cc1sc2c(O)c3c(Cl)c(C)sc3cc2c1Cl. The van der Waals surface area contributed by atoms with E-state index in [-0.39, 0.29) is 5.75 Å². The van der Waals surface area contributed by atoms with E-state index in [4.69, 9.17) is 23.2 Å². The van der Waals surface area contributed by atoms with Gasteiger partial charge < -0.3 is 5.11 Å². The Labute approximate surface area is 116 Å². The zero-order valence-electron chi connectivity index (χ0n) is 9.10. The van der Waals surface area contributed by atoms with Gasteiger partial charge in [-0.1, -0.05) is 23.2 Å². The first-order valence-electron chi connectivity index (χ1n) is 5.00. The highest BCUT2D eigenvalue weighted by molar-refractivity contribution is 7.22. The maximum absolute atomic E-state index is 10.3. The van der Waals surface area contributed by atoms with Crippen LogP contribution in [0.2, 0.25) is 10.0 Å². The number of fused-ring (bicyclic) bond motifs is 2. The van der Waals surface area contributed by atoms with Gasteiger partial charge in [-0.15, -0.1) is 22.7 Å². The molecule has 3 aromatic rings. The fourth-order valence-corrected chi connectivity index (χ4v) is 4.62. The average molecular weight is 303 g/mol. The zero-order chi connectivity index (χ0) is 12.3. The minimum atomic E-state index is 0.256. The van der Waals surface area contributed by atoms with Gasteiger partial charge in [-0.2, -0.15) is 0 Å². The lowest BCUT2D eigenvalue weighted by Crippen LogP contribution is -1.71. The van der Waals surface area contributed by atoms with Gasteiger partial charge in [0.05, 0.1) is 20.1 Å². The van der Waals surface area contributed by atoms with Crippen LogP contribution in [0.5, 0.6) is 5.75 Å². The second-order valence-electron chi connectivity index (χ2n) is 3.92. The molecule has 0 fully saturated rings. The molecule has 88 valence electrons. The first-order valence-corrected chi connectivity index (χ1v) is 7.38. The predicted molar refractivity (Wildman–Crippen MR) is 78.4 cm³/mol. The fraction of sp³-hybridized carbons (Fsp3) is 0.167. The summed E-state index contributed by atoms with van der Waals surface area (Å²) in [4.78, 5) is 2.03. The molecule has 0 amide bonds. The van der Waals surface area contributed by atoms with E-state index in [1.807, 2.05) is 19.9 Å². The van der Waals surface area contributed by atoms with Gasteiger partial charge in [0.25, 0.3) is 0 Å². The Morgan fingerprint density at radius 2 is 1.71 bits per heavy atom. The highest BCUT2D eigenvalue weighted by atomic mass is 35.5. The summed E-state index contributed by atoms with van der Waals surface area (Å²) in [7, 11) is 0. The Morgan fingerprint density at radius 1 is 1.06 bits per heavy atom. The molecule has 1 aromatic carbocycles. The van der Waals surface area contributed by atoms with Crippen LogP contribution in [0.1, 0.15) is 9.75 Å². The van der Waals surface area contributed by atoms with Crippen LogP contribution in [-0.2, 0) is 0 Å². The number of hydrogen-bond donors (Lipinski definition) is 1. The molecule has 2 heterocycles. The molecule has 17 heavy (non-hydrogen) atoms. The van der Waals surface area contributed by atoms with Gasteiger partial charge in [0.2, 0.25) is 0 Å². The van der Waals surface area contributed by atoms with Crippen LogP contribution in [0.4, 0.5) is 0 Å². The van der Waals surface area contributed by atoms with E-state index in [0.717, 1.165) is 34.9 Å². The first kappa shape index (κ1) is 11.6. The van der Waals surface area contributed by atoms with Gasteiger partial charge >= 0.3 is 0 Å². The zero-order valence-corrected chi connectivity index (χ0v) is 12.2. The first-order chi connectivity index (χ1) is 8.00. The summed E-state index contributed by atoms with van der Waals surface area (Å²) < 4.78 is 1.80. The van der Waals surface area contributed by atoms with Gasteiger partial charge in [0, 0.05) is 19.8 Å². The molecule has 0 aliphatic heterocycles. The maximum Gasteiger partial charge on any atom is 0.143 e. The largest absolute Gasteiger partial charge is 0.506 e. The van der Waals surface area contributed by atoms with Crippen molar-refractivity contribution < 1.29 is 5.11 Å². The van der Waals surface area contributed by atoms with Crippen molar-refractivity contribution in [2.45, 2.75) is 13.8 Å². The van der Waals surface area contributed by atoms with Gasteiger partial charge in [0.1, 0.15) is 5.75 Å². The topological polar surface area (TPSA) is 20.2 Å². The van der Waals surface area contributed by atoms with Gasteiger partial charge in [-0.3, -0.25) is 0 Å². The van der Waals surface area contributed by atoms with Crippen LogP contribution in [0.3, 0.4) is 0 Å². The summed E-state index contributed by atoms with van der Waals surface area (Å²) in [6, 6.07) is 2.01. The van der Waals surface area contributed by atoms with Crippen LogP contribution in [0.15, 0.2) is 6.07 Å². The third kappa shape index (κ3) is 1.50. The smallest absolute Gasteiger partial charge is 0.143 e. The monoisotopic (exact) mass is 302 g/mol. The molecule has 0 radical (unpaired) electrons. The molecule has 5 heteroatoms. The maximum atomic E-state index is 10.3. The van der Waals surface area contributed by atoms with E-state index in [0.29, 0.717) is 5.02 Å². The molecule has 0 saturated carbocycles. The van der Waals surface area contributed by atoms with Crippen LogP contribution < -0.4 is 0 Å². The van der Waals surface area contributed by atoms with E-state index in [1.165, 1.54) is 11.3 Å². The molecule has 0 aliphatic carbocycles. The summed E-state index contributed by atoms with van der Waals surface area (Å²) in [5.74, 6) is 0.256. The summed E-state index contributed by atoms with van der Waals surface area (Å²) in [5.41, 5.74) is 0. The van der Waals surface area contributed by atoms with Crippen LogP contribution in [-0.4, -0.2) is 5.11 Å². The van der Waals surface area contributed by atoms with Crippen LogP contribution in [0, 0.1) is 13.8 Å². The van der Waals surface area contributed by atoms with Crippen molar-refractivity contribution in [1.29, 1.82) is 0 Å². The summed E-state index contributed by atoms with van der Waals surface area (Å²) in [5, 5.41) is 13.4. The predicted octanol–water partition coefficient (Wildman–Crippen LogP) is 5.75.